The van der Waals surface area contributed by atoms with E-state index in [1.165, 1.54) is 12.1 Å². The van der Waals surface area contributed by atoms with Crippen LogP contribution in [0.4, 0.5) is 14.9 Å². The molecule has 1 amide bonds. The number of benzene rings is 1. The van der Waals surface area contributed by atoms with Gasteiger partial charge in [0.2, 0.25) is 0 Å². The lowest BCUT2D eigenvalue weighted by molar-refractivity contribution is 0.0240. The van der Waals surface area contributed by atoms with Gasteiger partial charge < -0.3 is 14.5 Å². The van der Waals surface area contributed by atoms with E-state index in [4.69, 9.17) is 4.74 Å². The van der Waals surface area contributed by atoms with Gasteiger partial charge in [-0.15, -0.1) is 0 Å². The summed E-state index contributed by atoms with van der Waals surface area (Å²) in [5.41, 5.74) is 3.47. The van der Waals surface area contributed by atoms with Crippen molar-refractivity contribution in [2.45, 2.75) is 26.4 Å². The third-order valence-electron chi connectivity index (χ3n) is 4.95. The predicted octanol–water partition coefficient (Wildman–Crippen LogP) is 4.20. The van der Waals surface area contributed by atoms with Crippen molar-refractivity contribution >= 4 is 17.3 Å². The molecule has 0 aliphatic carbocycles. The predicted molar refractivity (Wildman–Crippen MR) is 111 cm³/mol. The van der Waals surface area contributed by atoms with E-state index in [0.29, 0.717) is 13.1 Å². The maximum Gasteiger partial charge on any atom is 0.410 e. The van der Waals surface area contributed by atoms with Gasteiger partial charge in [0, 0.05) is 37.9 Å². The Labute approximate surface area is 169 Å². The molecule has 152 valence electrons. The standard InChI is InChI=1S/C22H25FN4O2/c1-22(2,3)29-21(28)26-12-10-25(11-13-26)20-14-24-27-15-17(6-9-19(20)27)16-4-7-18(23)8-5-16/h4-9,14-15H,10-13H2,1-3H3. The molecule has 2 aromatic heterocycles. The summed E-state index contributed by atoms with van der Waals surface area (Å²) in [6.07, 6.45) is 3.54. The number of carbonyl (C=O) groups is 1. The largest absolute Gasteiger partial charge is 0.444 e. The number of aromatic nitrogens is 2. The Hall–Kier alpha value is -3.09. The summed E-state index contributed by atoms with van der Waals surface area (Å²) in [5, 5.41) is 4.50. The van der Waals surface area contributed by atoms with Crippen LogP contribution in [-0.4, -0.2) is 52.4 Å². The van der Waals surface area contributed by atoms with E-state index in [1.807, 2.05) is 49.8 Å². The Balaban J connectivity index is 1.48. The van der Waals surface area contributed by atoms with Gasteiger partial charge in [0.1, 0.15) is 11.4 Å². The molecule has 1 fully saturated rings. The molecule has 3 heterocycles. The van der Waals surface area contributed by atoms with Gasteiger partial charge in [-0.1, -0.05) is 18.2 Å². The van der Waals surface area contributed by atoms with Crippen molar-refractivity contribution < 1.29 is 13.9 Å². The van der Waals surface area contributed by atoms with Crippen LogP contribution in [0.5, 0.6) is 0 Å². The molecule has 0 saturated carbocycles. The minimum atomic E-state index is -0.487. The van der Waals surface area contributed by atoms with Gasteiger partial charge in [-0.2, -0.15) is 5.10 Å². The Morgan fingerprint density at radius 1 is 1.00 bits per heavy atom. The molecule has 1 aliphatic rings. The molecular weight excluding hydrogens is 371 g/mol. The van der Waals surface area contributed by atoms with E-state index >= 15 is 0 Å². The van der Waals surface area contributed by atoms with Crippen molar-refractivity contribution in [1.29, 1.82) is 0 Å². The number of halogens is 1. The van der Waals surface area contributed by atoms with Crippen molar-refractivity contribution in [3.63, 3.8) is 0 Å². The third kappa shape index (κ3) is 4.18. The van der Waals surface area contributed by atoms with Crippen LogP contribution in [0.15, 0.2) is 48.8 Å². The van der Waals surface area contributed by atoms with Crippen molar-refractivity contribution in [3.05, 3.63) is 54.6 Å². The second-order valence-electron chi connectivity index (χ2n) is 8.24. The van der Waals surface area contributed by atoms with E-state index in [-0.39, 0.29) is 11.9 Å². The summed E-state index contributed by atoms with van der Waals surface area (Å²) < 4.78 is 20.5. The van der Waals surface area contributed by atoms with Crippen molar-refractivity contribution in [2.24, 2.45) is 0 Å². The number of pyridine rings is 1. The number of ether oxygens (including phenoxy) is 1. The molecule has 6 nitrogen and oxygen atoms in total. The van der Waals surface area contributed by atoms with Gasteiger partial charge in [-0.05, 0) is 44.5 Å². The molecule has 0 atom stereocenters. The first-order valence-corrected chi connectivity index (χ1v) is 9.76. The number of rotatable bonds is 2. The van der Waals surface area contributed by atoms with Crippen molar-refractivity contribution in [2.75, 3.05) is 31.1 Å². The van der Waals surface area contributed by atoms with Crippen LogP contribution < -0.4 is 4.90 Å². The van der Waals surface area contributed by atoms with Gasteiger partial charge >= 0.3 is 6.09 Å². The average molecular weight is 396 g/mol. The normalized spacial score (nSPS) is 15.0. The summed E-state index contributed by atoms with van der Waals surface area (Å²) >= 11 is 0. The monoisotopic (exact) mass is 396 g/mol. The fourth-order valence-electron chi connectivity index (χ4n) is 3.48. The van der Waals surface area contributed by atoms with Crippen LogP contribution in [0.3, 0.4) is 0 Å². The van der Waals surface area contributed by atoms with E-state index in [0.717, 1.165) is 35.4 Å². The van der Waals surface area contributed by atoms with Gasteiger partial charge in [0.15, 0.2) is 0 Å². The first-order chi connectivity index (χ1) is 13.8. The van der Waals surface area contributed by atoms with E-state index in [9.17, 15) is 9.18 Å². The van der Waals surface area contributed by atoms with Gasteiger partial charge in [-0.25, -0.2) is 13.7 Å². The highest BCUT2D eigenvalue weighted by molar-refractivity contribution is 5.76. The highest BCUT2D eigenvalue weighted by atomic mass is 19.1. The summed E-state index contributed by atoms with van der Waals surface area (Å²) in [6.45, 7) is 8.29. The van der Waals surface area contributed by atoms with Crippen LogP contribution >= 0.6 is 0 Å². The first kappa shape index (κ1) is 19.2. The lowest BCUT2D eigenvalue weighted by atomic mass is 10.1. The van der Waals surface area contributed by atoms with E-state index in [1.54, 1.807) is 17.0 Å². The summed E-state index contributed by atoms with van der Waals surface area (Å²) in [4.78, 5) is 16.2. The molecule has 29 heavy (non-hydrogen) atoms. The maximum atomic E-state index is 13.2. The van der Waals surface area contributed by atoms with Gasteiger partial charge in [0.05, 0.1) is 17.4 Å². The lowest BCUT2D eigenvalue weighted by Gasteiger charge is -2.36. The Kier molecular flexibility index (Phi) is 4.90. The van der Waals surface area contributed by atoms with E-state index < -0.39 is 5.60 Å². The highest BCUT2D eigenvalue weighted by Gasteiger charge is 2.26. The number of carbonyl (C=O) groups excluding carboxylic acids is 1. The van der Waals surface area contributed by atoms with Gasteiger partial charge in [0.25, 0.3) is 0 Å². The summed E-state index contributed by atoms with van der Waals surface area (Å²) in [6, 6.07) is 10.5. The average Bonchev–Trinajstić information content (AvgIpc) is 3.10. The minimum absolute atomic E-state index is 0.248. The zero-order chi connectivity index (χ0) is 20.6. The topological polar surface area (TPSA) is 50.1 Å². The highest BCUT2D eigenvalue weighted by Crippen LogP contribution is 2.27. The molecule has 1 saturated heterocycles. The molecule has 7 heteroatoms. The zero-order valence-electron chi connectivity index (χ0n) is 16.9. The summed E-state index contributed by atoms with van der Waals surface area (Å²) in [7, 11) is 0. The van der Waals surface area contributed by atoms with Crippen LogP contribution in [0.25, 0.3) is 16.6 Å². The number of hydrogen-bond acceptors (Lipinski definition) is 4. The van der Waals surface area contributed by atoms with Gasteiger partial charge in [-0.3, -0.25) is 0 Å². The molecule has 3 aromatic rings. The Bertz CT molecular complexity index is 1020. The molecule has 0 spiro atoms. The van der Waals surface area contributed by atoms with Crippen LogP contribution in [0.1, 0.15) is 20.8 Å². The Morgan fingerprint density at radius 3 is 2.31 bits per heavy atom. The third-order valence-corrected chi connectivity index (χ3v) is 4.95. The smallest absolute Gasteiger partial charge is 0.410 e. The van der Waals surface area contributed by atoms with Crippen LogP contribution in [-0.2, 0) is 4.74 Å². The fourth-order valence-corrected chi connectivity index (χ4v) is 3.48. The number of nitrogens with zero attached hydrogens (tertiary/aromatic N) is 4. The maximum absolute atomic E-state index is 13.2. The fraction of sp³-hybridized carbons (Fsp3) is 0.364. The number of piperazine rings is 1. The van der Waals surface area contributed by atoms with Crippen LogP contribution in [0.2, 0.25) is 0 Å². The Morgan fingerprint density at radius 2 is 1.66 bits per heavy atom. The zero-order valence-corrected chi connectivity index (χ0v) is 16.9. The van der Waals surface area contributed by atoms with Crippen LogP contribution in [0, 0.1) is 5.82 Å². The first-order valence-electron chi connectivity index (χ1n) is 9.76. The molecule has 0 unspecified atom stereocenters. The SMILES string of the molecule is CC(C)(C)OC(=O)N1CCN(c2cnn3cc(-c4ccc(F)cc4)ccc23)CC1. The minimum Gasteiger partial charge on any atom is -0.444 e. The van der Waals surface area contributed by atoms with E-state index in [2.05, 4.69) is 10.00 Å². The summed E-state index contributed by atoms with van der Waals surface area (Å²) in [5.74, 6) is -0.248. The molecule has 0 N–H and O–H groups in total. The molecule has 1 aliphatic heterocycles. The van der Waals surface area contributed by atoms with Crippen molar-refractivity contribution in [3.8, 4) is 11.1 Å². The molecule has 0 bridgehead atoms. The number of amides is 1. The second kappa shape index (κ2) is 7.39. The molecular formula is C22H25FN4O2. The number of fused-ring (bicyclic) bond motifs is 1. The molecule has 4 rings (SSSR count). The number of hydrogen-bond donors (Lipinski definition) is 0. The number of anilines is 1. The lowest BCUT2D eigenvalue weighted by Crippen LogP contribution is -2.50. The quantitative estimate of drug-likeness (QED) is 0.652. The second-order valence-corrected chi connectivity index (χ2v) is 8.24. The molecule has 0 radical (unpaired) electrons. The molecule has 1 aromatic carbocycles. The van der Waals surface area contributed by atoms with Crippen molar-refractivity contribution in [1.82, 2.24) is 14.5 Å².